The van der Waals surface area contributed by atoms with Crippen LogP contribution in [0.2, 0.25) is 0 Å². The highest BCUT2D eigenvalue weighted by Crippen LogP contribution is 2.25. The zero-order valence-electron chi connectivity index (χ0n) is 13.1. The van der Waals surface area contributed by atoms with Gasteiger partial charge >= 0.3 is 0 Å². The van der Waals surface area contributed by atoms with Crippen molar-refractivity contribution in [1.82, 2.24) is 9.97 Å². The zero-order valence-corrected chi connectivity index (χ0v) is 13.1. The van der Waals surface area contributed by atoms with E-state index in [4.69, 9.17) is 0 Å². The van der Waals surface area contributed by atoms with Crippen LogP contribution in [-0.4, -0.2) is 9.97 Å². The van der Waals surface area contributed by atoms with E-state index in [1.54, 1.807) is 0 Å². The van der Waals surface area contributed by atoms with Crippen LogP contribution < -0.4 is 0 Å². The van der Waals surface area contributed by atoms with Crippen molar-refractivity contribution in [2.24, 2.45) is 5.92 Å². The average Bonchev–Trinajstić information content (AvgIpc) is 2.37. The highest BCUT2D eigenvalue weighted by Gasteiger charge is 2.15. The summed E-state index contributed by atoms with van der Waals surface area (Å²) in [7, 11) is 0. The Balaban J connectivity index is 2.36. The third kappa shape index (κ3) is 3.66. The monoisotopic (exact) mass is 268 g/mol. The molecule has 2 heterocycles. The van der Waals surface area contributed by atoms with Crippen molar-refractivity contribution in [3.8, 4) is 11.4 Å². The fraction of sp³-hybridized carbons (Fsp3) is 0.444. The molecule has 0 N–H and O–H groups in total. The summed E-state index contributed by atoms with van der Waals surface area (Å²) in [5.74, 6) is 0.652. The smallest absolute Gasteiger partial charge is 0.0889 e. The average molecular weight is 268 g/mol. The molecule has 2 heteroatoms. The van der Waals surface area contributed by atoms with E-state index in [1.807, 2.05) is 12.4 Å². The van der Waals surface area contributed by atoms with Gasteiger partial charge in [-0.3, -0.25) is 9.97 Å². The molecule has 0 aliphatic heterocycles. The summed E-state index contributed by atoms with van der Waals surface area (Å²) in [6.45, 7) is 11.1. The lowest BCUT2D eigenvalue weighted by atomic mass is 9.87. The summed E-state index contributed by atoms with van der Waals surface area (Å²) < 4.78 is 0. The van der Waals surface area contributed by atoms with E-state index in [1.165, 1.54) is 11.1 Å². The molecule has 0 aliphatic carbocycles. The largest absolute Gasteiger partial charge is 0.255 e. The lowest BCUT2D eigenvalue weighted by Gasteiger charge is -2.19. The Morgan fingerprint density at radius 2 is 1.55 bits per heavy atom. The molecule has 0 saturated carbocycles. The number of hydrogen-bond acceptors (Lipinski definition) is 2. The highest BCUT2D eigenvalue weighted by molar-refractivity contribution is 5.56. The molecule has 0 amide bonds. The molecule has 0 aromatic carbocycles. The van der Waals surface area contributed by atoms with Gasteiger partial charge in [0, 0.05) is 12.4 Å². The van der Waals surface area contributed by atoms with Crippen LogP contribution in [0.5, 0.6) is 0 Å². The van der Waals surface area contributed by atoms with Crippen LogP contribution in [0, 0.1) is 5.92 Å². The first-order chi connectivity index (χ1) is 9.36. The molecule has 0 fully saturated rings. The quantitative estimate of drug-likeness (QED) is 0.810. The Bertz CT molecular complexity index is 580. The maximum absolute atomic E-state index is 4.48. The van der Waals surface area contributed by atoms with Gasteiger partial charge in [-0.2, -0.15) is 0 Å². The van der Waals surface area contributed by atoms with Gasteiger partial charge in [0.15, 0.2) is 0 Å². The fourth-order valence-electron chi connectivity index (χ4n) is 2.25. The maximum atomic E-state index is 4.48. The third-order valence-electron chi connectivity index (χ3n) is 3.36. The molecule has 0 aliphatic rings. The summed E-state index contributed by atoms with van der Waals surface area (Å²) >= 11 is 0. The molecule has 2 aromatic heterocycles. The summed E-state index contributed by atoms with van der Waals surface area (Å²) in [5.41, 5.74) is 4.68. The Hall–Kier alpha value is -1.70. The number of hydrogen-bond donors (Lipinski definition) is 0. The van der Waals surface area contributed by atoms with Crippen LogP contribution in [0.25, 0.3) is 11.4 Å². The molecule has 0 spiro atoms. The third-order valence-corrected chi connectivity index (χ3v) is 3.36. The molecule has 2 aromatic rings. The predicted molar refractivity (Wildman–Crippen MR) is 84.7 cm³/mol. The Morgan fingerprint density at radius 3 is 2.15 bits per heavy atom. The minimum Gasteiger partial charge on any atom is -0.255 e. The van der Waals surface area contributed by atoms with Gasteiger partial charge in [0.25, 0.3) is 0 Å². The summed E-state index contributed by atoms with van der Waals surface area (Å²) in [6.07, 6.45) is 4.85. The molecule has 106 valence electrons. The van der Waals surface area contributed by atoms with Crippen molar-refractivity contribution in [2.45, 2.75) is 46.5 Å². The van der Waals surface area contributed by atoms with E-state index >= 15 is 0 Å². The van der Waals surface area contributed by atoms with Gasteiger partial charge in [0.1, 0.15) is 0 Å². The fourth-order valence-corrected chi connectivity index (χ4v) is 2.25. The molecular formula is C18H24N2. The van der Waals surface area contributed by atoms with Crippen LogP contribution in [0.3, 0.4) is 0 Å². The summed E-state index contributed by atoms with van der Waals surface area (Å²) in [5, 5.41) is 0. The van der Waals surface area contributed by atoms with Crippen LogP contribution in [0.4, 0.5) is 0 Å². The zero-order chi connectivity index (χ0) is 14.8. The van der Waals surface area contributed by atoms with Crippen molar-refractivity contribution < 1.29 is 0 Å². The lowest BCUT2D eigenvalue weighted by Crippen LogP contribution is -2.11. The molecular weight excluding hydrogens is 244 g/mol. The molecule has 0 bridgehead atoms. The molecule has 20 heavy (non-hydrogen) atoms. The second-order valence-corrected chi connectivity index (χ2v) is 6.83. The van der Waals surface area contributed by atoms with E-state index in [-0.39, 0.29) is 5.41 Å². The first-order valence-electron chi connectivity index (χ1n) is 7.28. The normalized spacial score (nSPS) is 11.9. The first-order valence-corrected chi connectivity index (χ1v) is 7.28. The second-order valence-electron chi connectivity index (χ2n) is 6.83. The van der Waals surface area contributed by atoms with Crippen molar-refractivity contribution in [2.75, 3.05) is 0 Å². The predicted octanol–water partition coefficient (Wildman–Crippen LogP) is 4.64. The number of pyridine rings is 2. The molecule has 0 unspecified atom stereocenters. The standard InChI is InChI=1S/C18H24N2/c1-13(2)10-14-6-8-19-16(11-14)17-12-15(7-9-20-17)18(3,4)5/h6-9,11-13H,10H2,1-5H3. The van der Waals surface area contributed by atoms with Crippen molar-refractivity contribution >= 4 is 0 Å². The molecule has 0 radical (unpaired) electrons. The van der Waals surface area contributed by atoms with E-state index in [9.17, 15) is 0 Å². The van der Waals surface area contributed by atoms with Gasteiger partial charge < -0.3 is 0 Å². The molecule has 2 rings (SSSR count). The Kier molecular flexibility index (Phi) is 4.22. The topological polar surface area (TPSA) is 25.8 Å². The number of rotatable bonds is 3. The van der Waals surface area contributed by atoms with Gasteiger partial charge in [-0.25, -0.2) is 0 Å². The molecule has 2 nitrogen and oxygen atoms in total. The SMILES string of the molecule is CC(C)Cc1ccnc(-c2cc(C(C)(C)C)ccn2)c1. The molecule has 0 saturated heterocycles. The van der Waals surface area contributed by atoms with Crippen molar-refractivity contribution in [3.05, 3.63) is 47.8 Å². The van der Waals surface area contributed by atoms with E-state index in [0.29, 0.717) is 5.92 Å². The van der Waals surface area contributed by atoms with E-state index in [0.717, 1.165) is 17.8 Å². The van der Waals surface area contributed by atoms with Crippen LogP contribution in [0.1, 0.15) is 45.7 Å². The summed E-state index contributed by atoms with van der Waals surface area (Å²) in [6, 6.07) is 8.49. The Morgan fingerprint density at radius 1 is 0.950 bits per heavy atom. The number of nitrogens with zero attached hydrogens (tertiary/aromatic N) is 2. The minimum absolute atomic E-state index is 0.132. The minimum atomic E-state index is 0.132. The summed E-state index contributed by atoms with van der Waals surface area (Å²) in [4.78, 5) is 8.96. The van der Waals surface area contributed by atoms with Gasteiger partial charge in [-0.15, -0.1) is 0 Å². The van der Waals surface area contributed by atoms with Gasteiger partial charge in [-0.05, 0) is 53.1 Å². The van der Waals surface area contributed by atoms with Crippen molar-refractivity contribution in [3.63, 3.8) is 0 Å². The van der Waals surface area contributed by atoms with Gasteiger partial charge in [0.2, 0.25) is 0 Å². The number of aromatic nitrogens is 2. The highest BCUT2D eigenvalue weighted by atomic mass is 14.8. The maximum Gasteiger partial charge on any atom is 0.0889 e. The first kappa shape index (κ1) is 14.7. The van der Waals surface area contributed by atoms with Crippen LogP contribution in [0.15, 0.2) is 36.7 Å². The van der Waals surface area contributed by atoms with Crippen LogP contribution in [-0.2, 0) is 11.8 Å². The lowest BCUT2D eigenvalue weighted by molar-refractivity contribution is 0.589. The van der Waals surface area contributed by atoms with Gasteiger partial charge in [0.05, 0.1) is 11.4 Å². The Labute approximate surface area is 122 Å². The van der Waals surface area contributed by atoms with Crippen molar-refractivity contribution in [1.29, 1.82) is 0 Å². The molecule has 0 atom stereocenters. The van der Waals surface area contributed by atoms with Crippen LogP contribution >= 0.6 is 0 Å². The second kappa shape index (κ2) is 5.74. The van der Waals surface area contributed by atoms with E-state index in [2.05, 4.69) is 68.9 Å². The van der Waals surface area contributed by atoms with E-state index < -0.39 is 0 Å². The van der Waals surface area contributed by atoms with Gasteiger partial charge in [-0.1, -0.05) is 34.6 Å².